The molecule has 0 bridgehead atoms. The SMILES string of the molecule is Cc1cc(C)n2cc(-c3ccc(Cl)cc3)c(C(=O)Nc3c(C)cccc3C)c2n1. The highest BCUT2D eigenvalue weighted by Gasteiger charge is 2.22. The summed E-state index contributed by atoms with van der Waals surface area (Å²) in [4.78, 5) is 18.2. The van der Waals surface area contributed by atoms with Crippen LogP contribution in [0.3, 0.4) is 0 Å². The summed E-state index contributed by atoms with van der Waals surface area (Å²) >= 11 is 6.07. The number of hydrogen-bond donors (Lipinski definition) is 1. The lowest BCUT2D eigenvalue weighted by atomic mass is 10.0. The third-order valence-electron chi connectivity index (χ3n) is 5.16. The van der Waals surface area contributed by atoms with Crippen molar-refractivity contribution in [3.05, 3.63) is 87.8 Å². The lowest BCUT2D eigenvalue weighted by Gasteiger charge is -2.12. The number of halogens is 1. The molecule has 5 heteroatoms. The minimum atomic E-state index is -0.174. The molecule has 2 aromatic heterocycles. The van der Waals surface area contributed by atoms with Crippen LogP contribution in [0.4, 0.5) is 5.69 Å². The van der Waals surface area contributed by atoms with Gasteiger partial charge in [-0.2, -0.15) is 0 Å². The third-order valence-corrected chi connectivity index (χ3v) is 5.41. The van der Waals surface area contributed by atoms with Gasteiger partial charge in [-0.3, -0.25) is 4.79 Å². The number of benzene rings is 2. The largest absolute Gasteiger partial charge is 0.321 e. The molecule has 0 fully saturated rings. The zero-order valence-electron chi connectivity index (χ0n) is 16.9. The Labute approximate surface area is 175 Å². The van der Waals surface area contributed by atoms with Crippen LogP contribution >= 0.6 is 11.6 Å². The van der Waals surface area contributed by atoms with Gasteiger partial charge >= 0.3 is 0 Å². The van der Waals surface area contributed by atoms with Crippen LogP contribution < -0.4 is 5.32 Å². The second-order valence-electron chi connectivity index (χ2n) is 7.38. The van der Waals surface area contributed by atoms with Crippen molar-refractivity contribution in [2.75, 3.05) is 5.32 Å². The molecule has 29 heavy (non-hydrogen) atoms. The fourth-order valence-corrected chi connectivity index (χ4v) is 3.83. The van der Waals surface area contributed by atoms with Gasteiger partial charge in [0, 0.05) is 33.9 Å². The number of amides is 1. The predicted molar refractivity (Wildman–Crippen MR) is 119 cm³/mol. The zero-order valence-corrected chi connectivity index (χ0v) is 17.6. The van der Waals surface area contributed by atoms with Gasteiger partial charge in [0.1, 0.15) is 0 Å². The van der Waals surface area contributed by atoms with Crippen molar-refractivity contribution < 1.29 is 4.79 Å². The highest BCUT2D eigenvalue weighted by atomic mass is 35.5. The molecule has 2 aromatic carbocycles. The van der Waals surface area contributed by atoms with Crippen LogP contribution in [-0.4, -0.2) is 15.3 Å². The van der Waals surface area contributed by atoms with Gasteiger partial charge in [-0.1, -0.05) is 41.9 Å². The third kappa shape index (κ3) is 3.52. The molecule has 0 saturated heterocycles. The average Bonchev–Trinajstić information content (AvgIpc) is 3.05. The van der Waals surface area contributed by atoms with E-state index in [1.165, 1.54) is 0 Å². The summed E-state index contributed by atoms with van der Waals surface area (Å²) in [6.07, 6.45) is 1.97. The minimum absolute atomic E-state index is 0.174. The van der Waals surface area contributed by atoms with Gasteiger partial charge in [-0.15, -0.1) is 0 Å². The monoisotopic (exact) mass is 403 g/mol. The molecule has 0 atom stereocenters. The number of anilines is 1. The number of nitrogens with zero attached hydrogens (tertiary/aromatic N) is 2. The van der Waals surface area contributed by atoms with Crippen molar-refractivity contribution in [2.24, 2.45) is 0 Å². The quantitative estimate of drug-likeness (QED) is 0.446. The van der Waals surface area contributed by atoms with E-state index in [2.05, 4.69) is 10.3 Å². The number of carbonyl (C=O) groups is 1. The Hall–Kier alpha value is -3.11. The van der Waals surface area contributed by atoms with E-state index in [1.54, 1.807) is 0 Å². The van der Waals surface area contributed by atoms with Crippen LogP contribution in [-0.2, 0) is 0 Å². The maximum absolute atomic E-state index is 13.5. The summed E-state index contributed by atoms with van der Waals surface area (Å²) in [5.41, 5.74) is 7.73. The molecular formula is C24H22ClN3O. The zero-order chi connectivity index (χ0) is 20.7. The Morgan fingerprint density at radius 1 is 1.00 bits per heavy atom. The van der Waals surface area contributed by atoms with Crippen LogP contribution in [0.15, 0.2) is 54.7 Å². The van der Waals surface area contributed by atoms with E-state index >= 15 is 0 Å². The summed E-state index contributed by atoms with van der Waals surface area (Å²) < 4.78 is 1.97. The maximum Gasteiger partial charge on any atom is 0.260 e. The lowest BCUT2D eigenvalue weighted by Crippen LogP contribution is -2.15. The molecule has 0 aliphatic heterocycles. The van der Waals surface area contributed by atoms with Gasteiger partial charge in [-0.25, -0.2) is 4.98 Å². The molecule has 0 aliphatic rings. The first-order valence-electron chi connectivity index (χ1n) is 9.48. The molecule has 1 N–H and O–H groups in total. The molecule has 146 valence electrons. The number of hydrogen-bond acceptors (Lipinski definition) is 2. The molecule has 0 spiro atoms. The van der Waals surface area contributed by atoms with Crippen molar-refractivity contribution in [3.8, 4) is 11.1 Å². The first-order valence-corrected chi connectivity index (χ1v) is 9.86. The van der Waals surface area contributed by atoms with Crippen molar-refractivity contribution in [2.45, 2.75) is 27.7 Å². The van der Waals surface area contributed by atoms with E-state index in [4.69, 9.17) is 11.6 Å². The van der Waals surface area contributed by atoms with Crippen molar-refractivity contribution in [3.63, 3.8) is 0 Å². The highest BCUT2D eigenvalue weighted by Crippen LogP contribution is 2.31. The number of nitrogens with one attached hydrogen (secondary N) is 1. The number of para-hydroxylation sites is 1. The second-order valence-corrected chi connectivity index (χ2v) is 7.81. The number of carbonyl (C=O) groups excluding carboxylic acids is 1. The van der Waals surface area contributed by atoms with Gasteiger partial charge in [0.2, 0.25) is 0 Å². The first kappa shape index (κ1) is 19.2. The summed E-state index contributed by atoms with van der Waals surface area (Å²) in [5, 5.41) is 3.77. The number of aryl methyl sites for hydroxylation is 4. The summed E-state index contributed by atoms with van der Waals surface area (Å²) in [6.45, 7) is 7.94. The standard InChI is InChI=1S/C24H22ClN3O/c1-14-6-5-7-15(2)22(14)27-24(29)21-20(18-8-10-19(25)11-9-18)13-28-17(4)12-16(3)26-23(21)28/h5-13H,1-4H3,(H,27,29). The molecule has 0 unspecified atom stereocenters. The topological polar surface area (TPSA) is 46.4 Å². The van der Waals surface area contributed by atoms with Crippen LogP contribution in [0.1, 0.15) is 32.9 Å². The molecule has 4 rings (SSSR count). The summed E-state index contributed by atoms with van der Waals surface area (Å²) in [7, 11) is 0. The second kappa shape index (κ2) is 7.37. The van der Waals surface area contributed by atoms with Crippen LogP contribution in [0.25, 0.3) is 16.8 Å². The van der Waals surface area contributed by atoms with Crippen LogP contribution in [0.5, 0.6) is 0 Å². The fourth-order valence-electron chi connectivity index (χ4n) is 3.71. The molecule has 0 saturated carbocycles. The van der Waals surface area contributed by atoms with Gasteiger partial charge in [0.25, 0.3) is 5.91 Å². The van der Waals surface area contributed by atoms with Crippen molar-refractivity contribution >= 4 is 28.8 Å². The lowest BCUT2D eigenvalue weighted by molar-refractivity contribution is 0.102. The van der Waals surface area contributed by atoms with Crippen molar-refractivity contribution in [1.82, 2.24) is 9.38 Å². The first-order chi connectivity index (χ1) is 13.8. The van der Waals surface area contributed by atoms with E-state index < -0.39 is 0 Å². The van der Waals surface area contributed by atoms with E-state index in [1.807, 2.05) is 86.8 Å². The van der Waals surface area contributed by atoms with E-state index in [0.717, 1.165) is 39.3 Å². The maximum atomic E-state index is 13.5. The smallest absolute Gasteiger partial charge is 0.260 e. The minimum Gasteiger partial charge on any atom is -0.321 e. The Morgan fingerprint density at radius 2 is 1.66 bits per heavy atom. The Bertz CT molecular complexity index is 1220. The van der Waals surface area contributed by atoms with Gasteiger partial charge in [0.15, 0.2) is 5.65 Å². The number of fused-ring (bicyclic) bond motifs is 1. The van der Waals surface area contributed by atoms with Gasteiger partial charge in [-0.05, 0) is 62.6 Å². The van der Waals surface area contributed by atoms with E-state index in [0.29, 0.717) is 16.2 Å². The molecule has 2 heterocycles. The Balaban J connectivity index is 1.92. The van der Waals surface area contributed by atoms with Gasteiger partial charge in [0.05, 0.1) is 5.56 Å². The Morgan fingerprint density at radius 3 is 2.31 bits per heavy atom. The fraction of sp³-hybridized carbons (Fsp3) is 0.167. The van der Waals surface area contributed by atoms with Gasteiger partial charge < -0.3 is 9.72 Å². The summed E-state index contributed by atoms with van der Waals surface area (Å²) in [6, 6.07) is 15.5. The van der Waals surface area contributed by atoms with E-state index in [-0.39, 0.29) is 5.91 Å². The molecule has 4 nitrogen and oxygen atoms in total. The van der Waals surface area contributed by atoms with Crippen LogP contribution in [0, 0.1) is 27.7 Å². The molecule has 4 aromatic rings. The van der Waals surface area contributed by atoms with Crippen molar-refractivity contribution in [1.29, 1.82) is 0 Å². The molecule has 0 radical (unpaired) electrons. The highest BCUT2D eigenvalue weighted by molar-refractivity contribution is 6.30. The Kier molecular flexibility index (Phi) is 4.89. The number of rotatable bonds is 3. The normalized spacial score (nSPS) is 11.1. The molecule has 1 amide bonds. The summed E-state index contributed by atoms with van der Waals surface area (Å²) in [5.74, 6) is -0.174. The molecular weight excluding hydrogens is 382 g/mol. The predicted octanol–water partition coefficient (Wildman–Crippen LogP) is 6.14. The number of aromatic nitrogens is 2. The van der Waals surface area contributed by atoms with E-state index in [9.17, 15) is 4.79 Å². The molecule has 0 aliphatic carbocycles. The average molecular weight is 404 g/mol. The van der Waals surface area contributed by atoms with Crippen LogP contribution in [0.2, 0.25) is 5.02 Å².